The van der Waals surface area contributed by atoms with Crippen molar-refractivity contribution in [3.05, 3.63) is 52.6 Å². The Labute approximate surface area is 150 Å². The number of aryl methyl sites for hydroxylation is 3. The molecule has 0 amide bonds. The fraction of sp³-hybridized carbons (Fsp3) is 0.368. The summed E-state index contributed by atoms with van der Waals surface area (Å²) in [5, 5.41) is 0. The average molecular weight is 363 g/mol. The largest absolute Gasteiger partial charge is 0.493 e. The second kappa shape index (κ2) is 7.45. The summed E-state index contributed by atoms with van der Waals surface area (Å²) in [4.78, 5) is 0.338. The zero-order valence-electron chi connectivity index (χ0n) is 15.5. The summed E-state index contributed by atoms with van der Waals surface area (Å²) in [6.07, 6.45) is 0. The highest BCUT2D eigenvalue weighted by Gasteiger charge is 2.23. The molecule has 0 bridgehead atoms. The third-order valence-corrected chi connectivity index (χ3v) is 5.96. The predicted octanol–water partition coefficient (Wildman–Crippen LogP) is 3.67. The molecule has 0 saturated heterocycles. The molecule has 0 saturated carbocycles. The van der Waals surface area contributed by atoms with Crippen molar-refractivity contribution in [1.82, 2.24) is 4.72 Å². The van der Waals surface area contributed by atoms with Crippen LogP contribution in [0, 0.1) is 20.8 Å². The standard InChI is InChI=1S/C19H25NO4S/c1-12-9-13(2)19(14(3)10-12)25(21,22)20-15(4)16-7-8-17(23-5)18(11-16)24-6/h7-11,15,20H,1-6H3/t15-/m0/s1. The predicted molar refractivity (Wildman–Crippen MR) is 98.9 cm³/mol. The summed E-state index contributed by atoms with van der Waals surface area (Å²) in [7, 11) is -0.530. The van der Waals surface area contributed by atoms with Crippen LogP contribution in [0.25, 0.3) is 0 Å². The van der Waals surface area contributed by atoms with E-state index in [1.165, 1.54) is 0 Å². The van der Waals surface area contributed by atoms with Crippen molar-refractivity contribution in [2.45, 2.75) is 38.6 Å². The Bertz CT molecular complexity index is 852. The summed E-state index contributed by atoms with van der Waals surface area (Å²) < 4.78 is 39.0. The van der Waals surface area contributed by atoms with Gasteiger partial charge in [0, 0.05) is 6.04 Å². The fourth-order valence-corrected chi connectivity index (χ4v) is 4.76. The lowest BCUT2D eigenvalue weighted by atomic mass is 10.1. The van der Waals surface area contributed by atoms with Crippen LogP contribution in [0.3, 0.4) is 0 Å². The molecule has 0 unspecified atom stereocenters. The number of ether oxygens (including phenoxy) is 2. The van der Waals surface area contributed by atoms with Crippen LogP contribution in [0.5, 0.6) is 11.5 Å². The second-order valence-corrected chi connectivity index (χ2v) is 7.84. The quantitative estimate of drug-likeness (QED) is 0.850. The summed E-state index contributed by atoms with van der Waals surface area (Å²) in [6, 6.07) is 8.71. The number of rotatable bonds is 6. The van der Waals surface area contributed by atoms with Gasteiger partial charge in [-0.25, -0.2) is 13.1 Å². The van der Waals surface area contributed by atoms with Crippen molar-refractivity contribution in [2.24, 2.45) is 0 Å². The van der Waals surface area contributed by atoms with E-state index in [2.05, 4.69) is 4.72 Å². The van der Waals surface area contributed by atoms with Gasteiger partial charge in [0.15, 0.2) is 11.5 Å². The molecule has 0 aromatic heterocycles. The fourth-order valence-electron chi connectivity index (χ4n) is 3.07. The van der Waals surface area contributed by atoms with E-state index in [-0.39, 0.29) is 0 Å². The molecule has 25 heavy (non-hydrogen) atoms. The van der Waals surface area contributed by atoms with Gasteiger partial charge in [-0.15, -0.1) is 0 Å². The summed E-state index contributed by atoms with van der Waals surface area (Å²) in [5.74, 6) is 1.17. The molecule has 0 radical (unpaired) electrons. The number of hydrogen-bond acceptors (Lipinski definition) is 4. The number of nitrogens with one attached hydrogen (secondary N) is 1. The zero-order chi connectivity index (χ0) is 18.8. The lowest BCUT2D eigenvalue weighted by molar-refractivity contribution is 0.354. The maximum Gasteiger partial charge on any atom is 0.241 e. The van der Waals surface area contributed by atoms with Crippen LogP contribution in [0.4, 0.5) is 0 Å². The van der Waals surface area contributed by atoms with E-state index in [1.54, 1.807) is 33.3 Å². The van der Waals surface area contributed by atoms with Gasteiger partial charge in [0.2, 0.25) is 10.0 Å². The molecule has 5 nitrogen and oxygen atoms in total. The minimum Gasteiger partial charge on any atom is -0.493 e. The van der Waals surface area contributed by atoms with Gasteiger partial charge in [0.25, 0.3) is 0 Å². The van der Waals surface area contributed by atoms with Crippen molar-refractivity contribution in [3.63, 3.8) is 0 Å². The maximum atomic E-state index is 12.9. The van der Waals surface area contributed by atoms with Gasteiger partial charge in [-0.05, 0) is 56.5 Å². The first kappa shape index (κ1) is 19.3. The minimum atomic E-state index is -3.64. The molecule has 2 aromatic carbocycles. The van der Waals surface area contributed by atoms with Gasteiger partial charge >= 0.3 is 0 Å². The number of sulfonamides is 1. The highest BCUT2D eigenvalue weighted by Crippen LogP contribution is 2.31. The monoisotopic (exact) mass is 363 g/mol. The van der Waals surface area contributed by atoms with E-state index in [1.807, 2.05) is 39.0 Å². The molecule has 0 aliphatic heterocycles. The molecule has 2 aromatic rings. The van der Waals surface area contributed by atoms with Gasteiger partial charge in [-0.1, -0.05) is 23.8 Å². The minimum absolute atomic E-state index is 0.338. The Morgan fingerprint density at radius 3 is 2.00 bits per heavy atom. The first-order valence-electron chi connectivity index (χ1n) is 8.01. The van der Waals surface area contributed by atoms with Crippen molar-refractivity contribution < 1.29 is 17.9 Å². The van der Waals surface area contributed by atoms with Crippen molar-refractivity contribution in [3.8, 4) is 11.5 Å². The Balaban J connectivity index is 2.35. The Morgan fingerprint density at radius 2 is 1.48 bits per heavy atom. The maximum absolute atomic E-state index is 12.9. The van der Waals surface area contributed by atoms with E-state index in [0.29, 0.717) is 16.4 Å². The first-order valence-corrected chi connectivity index (χ1v) is 9.50. The molecule has 2 rings (SSSR count). The van der Waals surface area contributed by atoms with Crippen LogP contribution in [-0.4, -0.2) is 22.6 Å². The van der Waals surface area contributed by atoms with Crippen LogP contribution in [0.2, 0.25) is 0 Å². The summed E-state index contributed by atoms with van der Waals surface area (Å²) in [6.45, 7) is 7.39. The van der Waals surface area contributed by atoms with E-state index in [0.717, 1.165) is 22.3 Å². The van der Waals surface area contributed by atoms with Gasteiger partial charge in [0.05, 0.1) is 19.1 Å². The molecule has 1 N–H and O–H groups in total. The first-order chi connectivity index (χ1) is 11.7. The van der Waals surface area contributed by atoms with Crippen molar-refractivity contribution >= 4 is 10.0 Å². The van der Waals surface area contributed by atoms with E-state index in [4.69, 9.17) is 9.47 Å². The molecule has 0 aliphatic rings. The average Bonchev–Trinajstić information content (AvgIpc) is 2.52. The highest BCUT2D eigenvalue weighted by molar-refractivity contribution is 7.89. The van der Waals surface area contributed by atoms with E-state index >= 15 is 0 Å². The van der Waals surface area contributed by atoms with Gasteiger partial charge < -0.3 is 9.47 Å². The van der Waals surface area contributed by atoms with Crippen LogP contribution in [-0.2, 0) is 10.0 Å². The molecule has 0 aliphatic carbocycles. The van der Waals surface area contributed by atoms with E-state index in [9.17, 15) is 8.42 Å². The zero-order valence-corrected chi connectivity index (χ0v) is 16.3. The molecule has 0 fully saturated rings. The molecule has 0 heterocycles. The summed E-state index contributed by atoms with van der Waals surface area (Å²) >= 11 is 0. The third kappa shape index (κ3) is 4.14. The summed E-state index contributed by atoms with van der Waals surface area (Å²) in [5.41, 5.74) is 3.32. The van der Waals surface area contributed by atoms with E-state index < -0.39 is 16.1 Å². The van der Waals surface area contributed by atoms with Crippen LogP contribution < -0.4 is 14.2 Å². The SMILES string of the molecule is COc1ccc([C@H](C)NS(=O)(=O)c2c(C)cc(C)cc2C)cc1OC. The Hall–Kier alpha value is -2.05. The third-order valence-electron chi connectivity index (χ3n) is 4.11. The topological polar surface area (TPSA) is 64.6 Å². The second-order valence-electron chi connectivity index (χ2n) is 6.19. The lowest BCUT2D eigenvalue weighted by Gasteiger charge is -2.19. The van der Waals surface area contributed by atoms with Crippen molar-refractivity contribution in [2.75, 3.05) is 14.2 Å². The number of hydrogen-bond donors (Lipinski definition) is 1. The molecule has 6 heteroatoms. The van der Waals surface area contributed by atoms with Crippen molar-refractivity contribution in [1.29, 1.82) is 0 Å². The molecule has 136 valence electrons. The van der Waals surface area contributed by atoms with Gasteiger partial charge in [-0.2, -0.15) is 0 Å². The molecular formula is C19H25NO4S. The van der Waals surface area contributed by atoms with Gasteiger partial charge in [0.1, 0.15) is 0 Å². The Kier molecular flexibility index (Phi) is 5.75. The number of methoxy groups -OCH3 is 2. The molecule has 1 atom stereocenters. The lowest BCUT2D eigenvalue weighted by Crippen LogP contribution is -2.28. The molecule has 0 spiro atoms. The van der Waals surface area contributed by atoms with Crippen LogP contribution >= 0.6 is 0 Å². The highest BCUT2D eigenvalue weighted by atomic mass is 32.2. The van der Waals surface area contributed by atoms with Crippen LogP contribution in [0.15, 0.2) is 35.2 Å². The van der Waals surface area contributed by atoms with Gasteiger partial charge in [-0.3, -0.25) is 0 Å². The number of benzene rings is 2. The Morgan fingerprint density at radius 1 is 0.920 bits per heavy atom. The smallest absolute Gasteiger partial charge is 0.241 e. The molecular weight excluding hydrogens is 338 g/mol. The van der Waals surface area contributed by atoms with Crippen LogP contribution in [0.1, 0.15) is 35.2 Å². The normalized spacial score (nSPS) is 12.7.